The van der Waals surface area contributed by atoms with E-state index in [-0.39, 0.29) is 30.2 Å². The number of nitrogens with zero attached hydrogens (tertiary/aromatic N) is 4. The molecule has 4 aromatic rings. The molecule has 0 atom stereocenters. The second-order valence-electron chi connectivity index (χ2n) is 8.26. The fraction of sp³-hybridized carbons (Fsp3) is 0.240. The van der Waals surface area contributed by atoms with Gasteiger partial charge in [0, 0.05) is 48.1 Å². The number of aromatic nitrogens is 4. The molecule has 0 unspecified atom stereocenters. The molecule has 0 bridgehead atoms. The number of carbonyl (C=O) groups excluding carboxylic acids is 1. The van der Waals surface area contributed by atoms with Crippen LogP contribution in [-0.2, 0) is 36.0 Å². The zero-order chi connectivity index (χ0) is 26.7. The van der Waals surface area contributed by atoms with Crippen molar-refractivity contribution in [3.8, 4) is 5.75 Å². The van der Waals surface area contributed by atoms with E-state index in [4.69, 9.17) is 33.7 Å². The Kier molecular flexibility index (Phi) is 7.84. The molecular formula is C25H23ClFN5O4S. The number of imidazole rings is 1. The largest absolute Gasteiger partial charge is 0.494 e. The predicted octanol–water partition coefficient (Wildman–Crippen LogP) is 4.87. The lowest BCUT2D eigenvalue weighted by Crippen LogP contribution is -2.13. The molecular weight excluding hydrogens is 521 g/mol. The first kappa shape index (κ1) is 26.2. The van der Waals surface area contributed by atoms with Crippen LogP contribution in [0.4, 0.5) is 15.9 Å². The van der Waals surface area contributed by atoms with E-state index in [9.17, 15) is 14.0 Å². The SMILES string of the molecule is CCOc1cc2ncnc(Nc3ccc(F)c(Cl)c3)c2cc1CC(=O)Cn1cc(CC(=O)O)n(C)c1=S. The number of Topliss-reactive ketones (excluding diaryl/α,β-unsaturated/α-hetero) is 1. The monoisotopic (exact) mass is 543 g/mol. The van der Waals surface area contributed by atoms with Gasteiger partial charge in [0.15, 0.2) is 10.6 Å². The molecule has 37 heavy (non-hydrogen) atoms. The summed E-state index contributed by atoms with van der Waals surface area (Å²) in [5.41, 5.74) is 2.25. The van der Waals surface area contributed by atoms with Crippen molar-refractivity contribution in [3.05, 3.63) is 69.7 Å². The van der Waals surface area contributed by atoms with Gasteiger partial charge in [0.1, 0.15) is 23.7 Å². The fourth-order valence-electron chi connectivity index (χ4n) is 3.89. The number of hydrogen-bond acceptors (Lipinski definition) is 7. The van der Waals surface area contributed by atoms with Crippen LogP contribution in [0.1, 0.15) is 18.2 Å². The summed E-state index contributed by atoms with van der Waals surface area (Å²) in [7, 11) is 1.67. The Hall–Kier alpha value is -3.83. The third kappa shape index (κ3) is 5.95. The van der Waals surface area contributed by atoms with Crippen molar-refractivity contribution >= 4 is 58.0 Å². The number of ether oxygens (including phenoxy) is 1. The molecule has 0 saturated carbocycles. The Bertz CT molecular complexity index is 1570. The van der Waals surface area contributed by atoms with Crippen molar-refractivity contribution in [3.63, 3.8) is 0 Å². The normalized spacial score (nSPS) is 11.0. The van der Waals surface area contributed by atoms with Crippen LogP contribution < -0.4 is 10.1 Å². The number of halogens is 2. The number of carboxylic acid groups (broad SMARTS) is 1. The maximum Gasteiger partial charge on any atom is 0.309 e. The van der Waals surface area contributed by atoms with E-state index in [0.29, 0.717) is 50.8 Å². The van der Waals surface area contributed by atoms with Gasteiger partial charge in [0.25, 0.3) is 0 Å². The van der Waals surface area contributed by atoms with E-state index < -0.39 is 11.8 Å². The summed E-state index contributed by atoms with van der Waals surface area (Å²) in [6.07, 6.45) is 2.81. The number of anilines is 2. The van der Waals surface area contributed by atoms with E-state index in [2.05, 4.69) is 15.3 Å². The van der Waals surface area contributed by atoms with Gasteiger partial charge in [-0.25, -0.2) is 14.4 Å². The molecule has 4 rings (SSSR count). The first-order valence-electron chi connectivity index (χ1n) is 11.3. The average molecular weight is 544 g/mol. The van der Waals surface area contributed by atoms with E-state index in [1.54, 1.807) is 34.5 Å². The average Bonchev–Trinajstić information content (AvgIpc) is 3.09. The molecule has 0 aliphatic carbocycles. The number of benzene rings is 2. The van der Waals surface area contributed by atoms with E-state index in [0.717, 1.165) is 0 Å². The van der Waals surface area contributed by atoms with Crippen LogP contribution >= 0.6 is 23.8 Å². The van der Waals surface area contributed by atoms with Crippen LogP contribution in [-0.4, -0.2) is 42.6 Å². The van der Waals surface area contributed by atoms with E-state index in [1.165, 1.54) is 24.5 Å². The molecule has 9 nitrogen and oxygen atoms in total. The molecule has 2 N–H and O–H groups in total. The quantitative estimate of drug-likeness (QED) is 0.272. The van der Waals surface area contributed by atoms with Crippen LogP contribution in [0, 0.1) is 10.6 Å². The Morgan fingerprint density at radius 3 is 2.70 bits per heavy atom. The molecule has 12 heteroatoms. The molecule has 0 aliphatic rings. The third-order valence-electron chi connectivity index (χ3n) is 5.63. The van der Waals surface area contributed by atoms with Crippen LogP contribution in [0.2, 0.25) is 5.02 Å². The minimum atomic E-state index is -0.985. The highest BCUT2D eigenvalue weighted by atomic mass is 35.5. The number of hydrogen-bond donors (Lipinski definition) is 2. The smallest absolute Gasteiger partial charge is 0.309 e. The van der Waals surface area contributed by atoms with Gasteiger partial charge in [-0.15, -0.1) is 0 Å². The molecule has 2 heterocycles. The lowest BCUT2D eigenvalue weighted by molar-refractivity contribution is -0.136. The number of ketones is 1. The molecule has 0 saturated heterocycles. The van der Waals surface area contributed by atoms with E-state index >= 15 is 0 Å². The number of rotatable bonds is 10. The highest BCUT2D eigenvalue weighted by molar-refractivity contribution is 7.71. The number of fused-ring (bicyclic) bond motifs is 1. The van der Waals surface area contributed by atoms with Gasteiger partial charge < -0.3 is 24.3 Å². The predicted molar refractivity (Wildman–Crippen MR) is 140 cm³/mol. The summed E-state index contributed by atoms with van der Waals surface area (Å²) < 4.78 is 22.9. The molecule has 0 radical (unpaired) electrons. The van der Waals surface area contributed by atoms with Crippen molar-refractivity contribution in [1.82, 2.24) is 19.1 Å². The third-order valence-corrected chi connectivity index (χ3v) is 6.43. The first-order chi connectivity index (χ1) is 17.7. The van der Waals surface area contributed by atoms with Crippen molar-refractivity contribution in [1.29, 1.82) is 0 Å². The summed E-state index contributed by atoms with van der Waals surface area (Å²) in [5.74, 6) is -0.703. The number of carboxylic acids is 1. The van der Waals surface area contributed by atoms with Gasteiger partial charge in [0.2, 0.25) is 0 Å². The Labute approximate surface area is 221 Å². The number of aliphatic carboxylic acids is 1. The van der Waals surface area contributed by atoms with Crippen molar-refractivity contribution in [2.45, 2.75) is 26.3 Å². The van der Waals surface area contributed by atoms with Crippen molar-refractivity contribution in [2.24, 2.45) is 7.05 Å². The summed E-state index contributed by atoms with van der Waals surface area (Å²) in [6.45, 7) is 2.20. The molecule has 0 spiro atoms. The molecule has 2 aromatic carbocycles. The fourth-order valence-corrected chi connectivity index (χ4v) is 4.31. The standard InChI is InChI=1S/C25H23ClFN5O4S/c1-3-36-22-10-21-18(24(29-13-28-21)30-15-4-5-20(27)19(26)8-15)7-14(22)6-17(33)12-32-11-16(9-23(34)35)31(2)25(32)37/h4-5,7-8,10-11,13H,3,6,9,12H2,1-2H3,(H,34,35)(H,28,29,30). The lowest BCUT2D eigenvalue weighted by atomic mass is 10.0. The summed E-state index contributed by atoms with van der Waals surface area (Å²) in [5, 5.41) is 12.8. The summed E-state index contributed by atoms with van der Waals surface area (Å²) >= 11 is 11.3. The zero-order valence-corrected chi connectivity index (χ0v) is 21.6. The molecule has 192 valence electrons. The Balaban J connectivity index is 1.65. The van der Waals surface area contributed by atoms with Gasteiger partial charge in [-0.3, -0.25) is 9.59 Å². The zero-order valence-electron chi connectivity index (χ0n) is 20.0. The van der Waals surface area contributed by atoms with Crippen LogP contribution in [0.5, 0.6) is 5.75 Å². The molecule has 0 aliphatic heterocycles. The van der Waals surface area contributed by atoms with E-state index in [1.807, 2.05) is 6.92 Å². The summed E-state index contributed by atoms with van der Waals surface area (Å²) in [6, 6.07) is 7.76. The molecule has 2 aromatic heterocycles. The van der Waals surface area contributed by atoms with Crippen LogP contribution in [0.25, 0.3) is 10.9 Å². The summed E-state index contributed by atoms with van der Waals surface area (Å²) in [4.78, 5) is 32.8. The number of nitrogens with one attached hydrogen (secondary N) is 1. The van der Waals surface area contributed by atoms with Crippen molar-refractivity contribution in [2.75, 3.05) is 11.9 Å². The first-order valence-corrected chi connectivity index (χ1v) is 12.1. The number of carbonyl (C=O) groups is 2. The Morgan fingerprint density at radius 1 is 1.22 bits per heavy atom. The van der Waals surface area contributed by atoms with Gasteiger partial charge >= 0.3 is 5.97 Å². The minimum absolute atomic E-state index is 0.0274. The van der Waals surface area contributed by atoms with Gasteiger partial charge in [0.05, 0.1) is 30.1 Å². The second-order valence-corrected chi connectivity index (χ2v) is 9.03. The molecule has 0 fully saturated rings. The van der Waals surface area contributed by atoms with Crippen molar-refractivity contribution < 1.29 is 23.8 Å². The minimum Gasteiger partial charge on any atom is -0.494 e. The van der Waals surface area contributed by atoms with Gasteiger partial charge in [-0.1, -0.05) is 11.6 Å². The Morgan fingerprint density at radius 2 is 2.00 bits per heavy atom. The highest BCUT2D eigenvalue weighted by Crippen LogP contribution is 2.31. The van der Waals surface area contributed by atoms with Gasteiger partial charge in [-0.2, -0.15) is 0 Å². The maximum atomic E-state index is 13.6. The van der Waals surface area contributed by atoms with Gasteiger partial charge in [-0.05, 0) is 43.4 Å². The molecule has 0 amide bonds. The maximum absolute atomic E-state index is 13.6. The van der Waals surface area contributed by atoms with Crippen LogP contribution in [0.15, 0.2) is 42.9 Å². The highest BCUT2D eigenvalue weighted by Gasteiger charge is 2.17. The second kappa shape index (κ2) is 11.1. The topological polar surface area (TPSA) is 111 Å². The van der Waals surface area contributed by atoms with Crippen LogP contribution in [0.3, 0.4) is 0 Å². The lowest BCUT2D eigenvalue weighted by Gasteiger charge is -2.14.